The summed E-state index contributed by atoms with van der Waals surface area (Å²) in [6.45, 7) is -1.67. The van der Waals surface area contributed by atoms with Crippen molar-refractivity contribution in [1.29, 1.82) is 0 Å². The highest BCUT2D eigenvalue weighted by Gasteiger charge is 2.33. The molecular formula is C20H28O10. The van der Waals surface area contributed by atoms with E-state index in [9.17, 15) is 19.2 Å². The van der Waals surface area contributed by atoms with Gasteiger partial charge in [-0.25, -0.2) is 19.2 Å². The number of ether oxygens (including phenoxy) is 6. The predicted molar refractivity (Wildman–Crippen MR) is 98.1 cm³/mol. The summed E-state index contributed by atoms with van der Waals surface area (Å²) in [6, 6.07) is 0. The molecule has 10 nitrogen and oxygen atoms in total. The lowest BCUT2D eigenvalue weighted by Crippen LogP contribution is -2.40. The van der Waals surface area contributed by atoms with E-state index in [1.165, 1.54) is 0 Å². The van der Waals surface area contributed by atoms with E-state index in [0.29, 0.717) is 25.7 Å². The molecule has 1 heterocycles. The van der Waals surface area contributed by atoms with Gasteiger partial charge in [0.15, 0.2) is 0 Å². The van der Waals surface area contributed by atoms with Gasteiger partial charge < -0.3 is 28.4 Å². The van der Waals surface area contributed by atoms with Gasteiger partial charge in [-0.05, 0) is 51.4 Å². The van der Waals surface area contributed by atoms with Gasteiger partial charge in [0.2, 0.25) is 0 Å². The zero-order valence-electron chi connectivity index (χ0n) is 16.9. The fourth-order valence-corrected chi connectivity index (χ4v) is 3.91. The van der Waals surface area contributed by atoms with Crippen LogP contribution in [0.1, 0.15) is 51.4 Å². The van der Waals surface area contributed by atoms with Crippen molar-refractivity contribution in [3.8, 4) is 0 Å². The number of esters is 4. The van der Waals surface area contributed by atoms with Crippen molar-refractivity contribution >= 4 is 23.9 Å². The van der Waals surface area contributed by atoms with Gasteiger partial charge in [0.05, 0.1) is 0 Å². The molecule has 1 aliphatic heterocycles. The summed E-state index contributed by atoms with van der Waals surface area (Å²) in [5, 5.41) is 0. The number of fused-ring (bicyclic) bond motifs is 2. The summed E-state index contributed by atoms with van der Waals surface area (Å²) in [4.78, 5) is 48.2. The van der Waals surface area contributed by atoms with E-state index in [1.807, 2.05) is 0 Å². The fraction of sp³-hybridized carbons (Fsp3) is 0.800. The molecular weight excluding hydrogens is 400 g/mol. The molecule has 3 rings (SSSR count). The minimum atomic E-state index is -0.641. The van der Waals surface area contributed by atoms with Crippen LogP contribution in [0.2, 0.25) is 0 Å². The summed E-state index contributed by atoms with van der Waals surface area (Å²) < 4.78 is 31.8. The molecule has 2 aliphatic carbocycles. The lowest BCUT2D eigenvalue weighted by atomic mass is 9.94. The average molecular weight is 428 g/mol. The van der Waals surface area contributed by atoms with Crippen LogP contribution in [0, 0.1) is 0 Å². The molecule has 1 saturated heterocycles. The Balaban J connectivity index is 1.63. The Morgan fingerprint density at radius 2 is 0.667 bits per heavy atom. The molecule has 0 amide bonds. The summed E-state index contributed by atoms with van der Waals surface area (Å²) >= 11 is 0. The van der Waals surface area contributed by atoms with Crippen LogP contribution < -0.4 is 0 Å². The van der Waals surface area contributed by atoms with Crippen LogP contribution in [0.25, 0.3) is 0 Å². The predicted octanol–water partition coefficient (Wildman–Crippen LogP) is 0.828. The van der Waals surface area contributed by atoms with Crippen molar-refractivity contribution in [2.45, 2.75) is 75.8 Å². The average Bonchev–Trinajstić information content (AvgIpc) is 2.70. The van der Waals surface area contributed by atoms with E-state index >= 15 is 0 Å². The molecule has 0 spiro atoms. The molecule has 0 radical (unpaired) electrons. The van der Waals surface area contributed by atoms with Crippen LogP contribution in [-0.4, -0.2) is 74.7 Å². The Kier molecular flexibility index (Phi) is 8.44. The Morgan fingerprint density at radius 1 is 0.433 bits per heavy atom. The Hall–Kier alpha value is -2.20. The van der Waals surface area contributed by atoms with E-state index in [0.717, 1.165) is 25.7 Å². The number of hydrogen-bond donors (Lipinski definition) is 0. The maximum absolute atomic E-state index is 12.1. The van der Waals surface area contributed by atoms with Crippen molar-refractivity contribution < 1.29 is 47.6 Å². The third kappa shape index (κ3) is 6.94. The molecule has 4 atom stereocenters. The zero-order chi connectivity index (χ0) is 21.3. The third-order valence-electron chi connectivity index (χ3n) is 5.29. The summed E-state index contributed by atoms with van der Waals surface area (Å²) in [6.07, 6.45) is 3.24. The molecule has 30 heavy (non-hydrogen) atoms. The smallest absolute Gasteiger partial charge is 0.332 e. The first kappa shape index (κ1) is 22.5. The van der Waals surface area contributed by atoms with E-state index < -0.39 is 74.7 Å². The fourth-order valence-electron chi connectivity index (χ4n) is 3.91. The van der Waals surface area contributed by atoms with Crippen LogP contribution in [0.4, 0.5) is 0 Å². The maximum Gasteiger partial charge on any atom is 0.332 e. The van der Waals surface area contributed by atoms with E-state index in [4.69, 9.17) is 28.4 Å². The SMILES string of the molecule is O=C1COCC(=O)O[C@@H]2CCCC[C@@H]2OC(=O)COCC(=O)O[C@@H]2CCCC[C@@H]2O1. The monoisotopic (exact) mass is 428 g/mol. The first-order valence-corrected chi connectivity index (χ1v) is 10.4. The molecule has 0 aromatic heterocycles. The van der Waals surface area contributed by atoms with Crippen LogP contribution in [-0.2, 0) is 47.6 Å². The third-order valence-corrected chi connectivity index (χ3v) is 5.29. The van der Waals surface area contributed by atoms with Gasteiger partial charge in [0.1, 0.15) is 50.8 Å². The molecule has 10 heteroatoms. The quantitative estimate of drug-likeness (QED) is 0.405. The molecule has 0 aromatic rings. The first-order chi connectivity index (χ1) is 14.5. The summed E-state index contributed by atoms with van der Waals surface area (Å²) in [7, 11) is 0. The minimum absolute atomic E-state index is 0.418. The minimum Gasteiger partial charge on any atom is -0.457 e. The zero-order valence-corrected chi connectivity index (χ0v) is 16.9. The van der Waals surface area contributed by atoms with Crippen LogP contribution in [0.5, 0.6) is 0 Å². The second-order valence-electron chi connectivity index (χ2n) is 7.67. The van der Waals surface area contributed by atoms with Crippen LogP contribution >= 0.6 is 0 Å². The van der Waals surface area contributed by atoms with E-state index in [2.05, 4.69) is 0 Å². The molecule has 168 valence electrons. The van der Waals surface area contributed by atoms with Crippen LogP contribution in [0.15, 0.2) is 0 Å². The molecule has 3 fully saturated rings. The second-order valence-corrected chi connectivity index (χ2v) is 7.67. The topological polar surface area (TPSA) is 124 Å². The molecule has 0 unspecified atom stereocenters. The second kappa shape index (κ2) is 11.3. The lowest BCUT2D eigenvalue weighted by Gasteiger charge is -2.31. The van der Waals surface area contributed by atoms with E-state index in [-0.39, 0.29) is 0 Å². The highest BCUT2D eigenvalue weighted by atomic mass is 16.6. The number of carbonyl (C=O) groups is 4. The van der Waals surface area contributed by atoms with Crippen molar-refractivity contribution in [2.24, 2.45) is 0 Å². The van der Waals surface area contributed by atoms with E-state index in [1.54, 1.807) is 0 Å². The van der Waals surface area contributed by atoms with Crippen LogP contribution in [0.3, 0.4) is 0 Å². The van der Waals surface area contributed by atoms with Gasteiger partial charge in [-0.3, -0.25) is 0 Å². The molecule has 3 aliphatic rings. The van der Waals surface area contributed by atoms with Gasteiger partial charge >= 0.3 is 23.9 Å². The Morgan fingerprint density at radius 3 is 0.900 bits per heavy atom. The highest BCUT2D eigenvalue weighted by molar-refractivity contribution is 5.75. The molecule has 0 aromatic carbocycles. The highest BCUT2D eigenvalue weighted by Crippen LogP contribution is 2.25. The van der Waals surface area contributed by atoms with Gasteiger partial charge in [-0.1, -0.05) is 0 Å². The van der Waals surface area contributed by atoms with Crippen molar-refractivity contribution in [3.05, 3.63) is 0 Å². The number of rotatable bonds is 0. The lowest BCUT2D eigenvalue weighted by molar-refractivity contribution is -0.184. The first-order valence-electron chi connectivity index (χ1n) is 10.4. The van der Waals surface area contributed by atoms with Gasteiger partial charge in [0.25, 0.3) is 0 Å². The maximum atomic E-state index is 12.1. The largest absolute Gasteiger partial charge is 0.457 e. The summed E-state index contributed by atoms with van der Waals surface area (Å²) in [5.41, 5.74) is 0. The van der Waals surface area contributed by atoms with Crippen molar-refractivity contribution in [1.82, 2.24) is 0 Å². The summed E-state index contributed by atoms with van der Waals surface area (Å²) in [5.74, 6) is -2.56. The van der Waals surface area contributed by atoms with Crippen molar-refractivity contribution in [3.63, 3.8) is 0 Å². The molecule has 0 N–H and O–H groups in total. The standard InChI is InChI=1S/C20H28O10/c21-17-9-25-11-19(23)29-15-7-3-4-8-16(15)30-20(24)12-26-10-18(22)28-14-6-2-1-5-13(14)27-17/h13-16H,1-12H2/t13-,14+,15+,16-. The van der Waals surface area contributed by atoms with Gasteiger partial charge in [-0.2, -0.15) is 0 Å². The van der Waals surface area contributed by atoms with Crippen molar-refractivity contribution in [2.75, 3.05) is 26.4 Å². The molecule has 2 saturated carbocycles. The number of hydrogen-bond acceptors (Lipinski definition) is 10. The number of carbonyl (C=O) groups excluding carboxylic acids is 4. The molecule has 0 bridgehead atoms. The van der Waals surface area contributed by atoms with Gasteiger partial charge in [0, 0.05) is 0 Å². The van der Waals surface area contributed by atoms with Gasteiger partial charge in [-0.15, -0.1) is 0 Å². The Labute approximate surface area is 174 Å². The Bertz CT molecular complexity index is 527. The normalized spacial score (nSPS) is 32.8.